The summed E-state index contributed by atoms with van der Waals surface area (Å²) in [6.07, 6.45) is 3.52. The van der Waals surface area contributed by atoms with Gasteiger partial charge in [-0.2, -0.15) is 0 Å². The quantitative estimate of drug-likeness (QED) is 0.820. The van der Waals surface area contributed by atoms with Gasteiger partial charge in [0.2, 0.25) is 0 Å². The number of aryl methyl sites for hydroxylation is 1. The summed E-state index contributed by atoms with van der Waals surface area (Å²) in [6, 6.07) is 6.34. The van der Waals surface area contributed by atoms with E-state index in [0.717, 1.165) is 23.2 Å². The Hall–Kier alpha value is -0.540. The van der Waals surface area contributed by atoms with Gasteiger partial charge in [0.05, 0.1) is 11.6 Å². The summed E-state index contributed by atoms with van der Waals surface area (Å²) >= 11 is 3.53. The van der Waals surface area contributed by atoms with Crippen LogP contribution in [0.15, 0.2) is 22.7 Å². The van der Waals surface area contributed by atoms with Gasteiger partial charge in [0.15, 0.2) is 0 Å². The lowest BCUT2D eigenvalue weighted by atomic mass is 9.83. The van der Waals surface area contributed by atoms with E-state index in [4.69, 9.17) is 4.74 Å². The predicted octanol–water partition coefficient (Wildman–Crippen LogP) is 4.03. The fourth-order valence-corrected chi connectivity index (χ4v) is 2.52. The summed E-state index contributed by atoms with van der Waals surface area (Å²) in [5.74, 6) is 0.896. The Balaban J connectivity index is 2.55. The highest BCUT2D eigenvalue weighted by molar-refractivity contribution is 9.10. The first-order chi connectivity index (χ1) is 8.48. The van der Waals surface area contributed by atoms with Crippen molar-refractivity contribution in [1.29, 1.82) is 0 Å². The Kier molecular flexibility index (Phi) is 6.16. The van der Waals surface area contributed by atoms with E-state index in [1.165, 1.54) is 18.4 Å². The van der Waals surface area contributed by atoms with Gasteiger partial charge in [0, 0.05) is 0 Å². The van der Waals surface area contributed by atoms with E-state index >= 15 is 0 Å². The summed E-state index contributed by atoms with van der Waals surface area (Å²) < 4.78 is 6.28. The SMILES string of the molecule is CNCCC(C)(C)CCc1ccc(OC)c(Br)c1. The second-order valence-corrected chi connectivity index (χ2v) is 6.34. The van der Waals surface area contributed by atoms with Crippen molar-refractivity contribution >= 4 is 15.9 Å². The van der Waals surface area contributed by atoms with Crippen LogP contribution in [0.4, 0.5) is 0 Å². The van der Waals surface area contributed by atoms with Gasteiger partial charge in [0.25, 0.3) is 0 Å². The molecule has 0 aliphatic rings. The fourth-order valence-electron chi connectivity index (χ4n) is 1.94. The number of rotatable bonds is 7. The maximum atomic E-state index is 5.24. The Morgan fingerprint density at radius 2 is 2.00 bits per heavy atom. The van der Waals surface area contributed by atoms with Crippen molar-refractivity contribution in [3.05, 3.63) is 28.2 Å². The molecule has 0 atom stereocenters. The van der Waals surface area contributed by atoms with Crippen molar-refractivity contribution < 1.29 is 4.74 Å². The van der Waals surface area contributed by atoms with E-state index < -0.39 is 0 Å². The normalized spacial score (nSPS) is 11.6. The lowest BCUT2D eigenvalue weighted by Gasteiger charge is -2.24. The maximum Gasteiger partial charge on any atom is 0.133 e. The predicted molar refractivity (Wildman–Crippen MR) is 81.3 cm³/mol. The minimum Gasteiger partial charge on any atom is -0.496 e. The molecule has 1 aromatic carbocycles. The van der Waals surface area contributed by atoms with Crippen LogP contribution in [0.25, 0.3) is 0 Å². The second-order valence-electron chi connectivity index (χ2n) is 5.49. The van der Waals surface area contributed by atoms with E-state index in [1.807, 2.05) is 13.1 Å². The van der Waals surface area contributed by atoms with Crippen molar-refractivity contribution in [3.8, 4) is 5.75 Å². The second kappa shape index (κ2) is 7.15. The van der Waals surface area contributed by atoms with Gasteiger partial charge >= 0.3 is 0 Å². The molecule has 0 aliphatic heterocycles. The van der Waals surface area contributed by atoms with E-state index in [9.17, 15) is 0 Å². The molecule has 0 saturated heterocycles. The Bertz CT molecular complexity index is 377. The van der Waals surface area contributed by atoms with Crippen molar-refractivity contribution in [2.75, 3.05) is 20.7 Å². The Morgan fingerprint density at radius 1 is 1.28 bits per heavy atom. The minimum absolute atomic E-state index is 0.384. The number of hydrogen-bond donors (Lipinski definition) is 1. The first kappa shape index (κ1) is 15.5. The molecule has 0 amide bonds. The Labute approximate surface area is 119 Å². The van der Waals surface area contributed by atoms with E-state index in [0.29, 0.717) is 5.41 Å². The molecule has 1 rings (SSSR count). The number of ether oxygens (including phenoxy) is 1. The lowest BCUT2D eigenvalue weighted by molar-refractivity contribution is 0.305. The summed E-state index contributed by atoms with van der Waals surface area (Å²) in [7, 11) is 3.71. The van der Waals surface area contributed by atoms with Gasteiger partial charge in [-0.25, -0.2) is 0 Å². The van der Waals surface area contributed by atoms with Gasteiger partial charge in [-0.3, -0.25) is 0 Å². The van der Waals surface area contributed by atoms with Crippen molar-refractivity contribution in [2.24, 2.45) is 5.41 Å². The number of benzene rings is 1. The van der Waals surface area contributed by atoms with E-state index in [2.05, 4.69) is 47.2 Å². The standard InChI is InChI=1S/C15H24BrNO/c1-15(2,9-10-17-3)8-7-12-5-6-14(18-4)13(16)11-12/h5-6,11,17H,7-10H2,1-4H3. The topological polar surface area (TPSA) is 21.3 Å². The molecule has 1 N–H and O–H groups in total. The molecule has 2 nitrogen and oxygen atoms in total. The average Bonchev–Trinajstić information content (AvgIpc) is 2.34. The van der Waals surface area contributed by atoms with E-state index in [-0.39, 0.29) is 0 Å². The molecule has 0 fully saturated rings. The van der Waals surface area contributed by atoms with E-state index in [1.54, 1.807) is 7.11 Å². The number of hydrogen-bond acceptors (Lipinski definition) is 2. The molecule has 102 valence electrons. The molecule has 0 saturated carbocycles. The molecule has 1 aromatic rings. The molecule has 0 aromatic heterocycles. The van der Waals surface area contributed by atoms with Crippen molar-refractivity contribution in [1.82, 2.24) is 5.32 Å². The molecule has 0 heterocycles. The number of methoxy groups -OCH3 is 1. The molecular formula is C15H24BrNO. The first-order valence-corrected chi connectivity index (χ1v) is 7.25. The third kappa shape index (κ3) is 4.99. The van der Waals surface area contributed by atoms with Crippen LogP contribution in [0.1, 0.15) is 32.3 Å². The van der Waals surface area contributed by atoms with Gasteiger partial charge in [0.1, 0.15) is 5.75 Å². The summed E-state index contributed by atoms with van der Waals surface area (Å²) in [5, 5.41) is 3.22. The monoisotopic (exact) mass is 313 g/mol. The summed E-state index contributed by atoms with van der Waals surface area (Å²) in [5.41, 5.74) is 1.75. The maximum absolute atomic E-state index is 5.24. The molecule has 0 aliphatic carbocycles. The fraction of sp³-hybridized carbons (Fsp3) is 0.600. The highest BCUT2D eigenvalue weighted by atomic mass is 79.9. The smallest absolute Gasteiger partial charge is 0.133 e. The molecule has 0 unspecified atom stereocenters. The zero-order valence-electron chi connectivity index (χ0n) is 11.8. The van der Waals surface area contributed by atoms with Crippen molar-refractivity contribution in [3.63, 3.8) is 0 Å². The molecule has 3 heteroatoms. The van der Waals surface area contributed by atoms with Crippen LogP contribution in [0, 0.1) is 5.41 Å². The van der Waals surface area contributed by atoms with Gasteiger partial charge in [-0.05, 0) is 71.9 Å². The van der Waals surface area contributed by atoms with Crippen LogP contribution in [-0.2, 0) is 6.42 Å². The number of halogens is 1. The molecule has 0 radical (unpaired) electrons. The molecule has 0 spiro atoms. The first-order valence-electron chi connectivity index (χ1n) is 6.45. The largest absolute Gasteiger partial charge is 0.496 e. The zero-order chi connectivity index (χ0) is 13.6. The Morgan fingerprint density at radius 3 is 2.56 bits per heavy atom. The number of nitrogens with one attached hydrogen (secondary N) is 1. The van der Waals surface area contributed by atoms with Crippen LogP contribution in [0.2, 0.25) is 0 Å². The van der Waals surface area contributed by atoms with Crippen LogP contribution >= 0.6 is 15.9 Å². The minimum atomic E-state index is 0.384. The zero-order valence-corrected chi connectivity index (χ0v) is 13.4. The van der Waals surface area contributed by atoms with Gasteiger partial charge in [-0.1, -0.05) is 19.9 Å². The summed E-state index contributed by atoms with van der Waals surface area (Å²) in [4.78, 5) is 0. The lowest BCUT2D eigenvalue weighted by Crippen LogP contribution is -2.20. The molecular weight excluding hydrogens is 290 g/mol. The third-order valence-corrected chi connectivity index (χ3v) is 3.98. The van der Waals surface area contributed by atoms with Gasteiger partial charge < -0.3 is 10.1 Å². The average molecular weight is 314 g/mol. The van der Waals surface area contributed by atoms with Gasteiger partial charge in [-0.15, -0.1) is 0 Å². The molecule has 0 bridgehead atoms. The van der Waals surface area contributed by atoms with Crippen LogP contribution < -0.4 is 10.1 Å². The van der Waals surface area contributed by atoms with Crippen molar-refractivity contribution in [2.45, 2.75) is 33.1 Å². The highest BCUT2D eigenvalue weighted by Crippen LogP contribution is 2.29. The highest BCUT2D eigenvalue weighted by Gasteiger charge is 2.17. The van der Waals surface area contributed by atoms with Crippen LogP contribution in [0.3, 0.4) is 0 Å². The molecule has 18 heavy (non-hydrogen) atoms. The third-order valence-electron chi connectivity index (χ3n) is 3.36. The summed E-state index contributed by atoms with van der Waals surface area (Å²) in [6.45, 7) is 5.76. The van der Waals surface area contributed by atoms with Crippen LogP contribution in [0.5, 0.6) is 5.75 Å². The van der Waals surface area contributed by atoms with Crippen LogP contribution in [-0.4, -0.2) is 20.7 Å².